The Bertz CT molecular complexity index is 1680. The van der Waals surface area contributed by atoms with Gasteiger partial charge in [0.1, 0.15) is 5.75 Å². The topological polar surface area (TPSA) is 139 Å². The van der Waals surface area contributed by atoms with Crippen LogP contribution in [0.2, 0.25) is 0 Å². The minimum Gasteiger partial charge on any atom is -0.481 e. The molecule has 0 unspecified atom stereocenters. The Morgan fingerprint density at radius 2 is 1.84 bits per heavy atom. The number of anilines is 1. The second-order valence-corrected chi connectivity index (χ2v) is 10.8. The Balaban J connectivity index is 1.34. The number of amides is 1. The number of carbonyl (C=O) groups is 1. The fourth-order valence-corrected chi connectivity index (χ4v) is 5.32. The minimum absolute atomic E-state index is 0.206. The van der Waals surface area contributed by atoms with E-state index in [9.17, 15) is 4.79 Å². The first kappa shape index (κ1) is 30.2. The second kappa shape index (κ2) is 13.8. The van der Waals surface area contributed by atoms with E-state index in [-0.39, 0.29) is 6.04 Å². The number of nitrogens with zero attached hydrogens (tertiary/aromatic N) is 5. The van der Waals surface area contributed by atoms with Crippen LogP contribution in [-0.4, -0.2) is 52.0 Å². The molecule has 0 bridgehead atoms. The molecule has 1 fully saturated rings. The first-order chi connectivity index (χ1) is 21.3. The summed E-state index contributed by atoms with van der Waals surface area (Å²) in [5.74, 6) is 1.67. The highest BCUT2D eigenvalue weighted by molar-refractivity contribution is 5.92. The molecule has 224 valence electrons. The van der Waals surface area contributed by atoms with Gasteiger partial charge in [0.15, 0.2) is 0 Å². The summed E-state index contributed by atoms with van der Waals surface area (Å²) in [6, 6.07) is 17.4. The van der Waals surface area contributed by atoms with Crippen molar-refractivity contribution in [2.75, 3.05) is 25.5 Å². The number of rotatable bonds is 10. The highest BCUT2D eigenvalue weighted by Gasteiger charge is 2.22. The molecule has 0 spiro atoms. The van der Waals surface area contributed by atoms with Crippen molar-refractivity contribution >= 4 is 17.9 Å². The number of carbonyl (C=O) groups excluding carboxylic acids is 1. The molecule has 10 nitrogen and oxygen atoms in total. The molecule has 4 aromatic rings. The van der Waals surface area contributed by atoms with Gasteiger partial charge in [-0.2, -0.15) is 10.2 Å². The summed E-state index contributed by atoms with van der Waals surface area (Å²) in [7, 11) is 1.58. The largest absolute Gasteiger partial charge is 0.481 e. The Hall–Kier alpha value is -5.27. The van der Waals surface area contributed by atoms with Gasteiger partial charge in [-0.25, -0.2) is 9.97 Å². The molecule has 1 amide bonds. The number of nitrogens with two attached hydrogens (primary N) is 1. The number of hydrogen-bond donors (Lipinski definition) is 2. The van der Waals surface area contributed by atoms with Crippen LogP contribution in [0.4, 0.5) is 5.95 Å². The van der Waals surface area contributed by atoms with Crippen LogP contribution in [0, 0.1) is 25.2 Å². The van der Waals surface area contributed by atoms with Gasteiger partial charge in [-0.15, -0.1) is 0 Å². The summed E-state index contributed by atoms with van der Waals surface area (Å²) in [6.07, 6.45) is 8.53. The van der Waals surface area contributed by atoms with E-state index in [1.165, 1.54) is 6.08 Å². The molecule has 44 heavy (non-hydrogen) atoms. The van der Waals surface area contributed by atoms with E-state index in [0.29, 0.717) is 34.6 Å². The molecule has 1 aliphatic heterocycles. The zero-order valence-electron chi connectivity index (χ0n) is 25.1. The summed E-state index contributed by atoms with van der Waals surface area (Å²) in [4.78, 5) is 27.5. The molecule has 1 saturated heterocycles. The maximum Gasteiger partial charge on any atom is 0.248 e. The van der Waals surface area contributed by atoms with Crippen molar-refractivity contribution in [1.82, 2.24) is 19.9 Å². The number of aryl methyl sites for hydroxylation is 2. The number of primary amides is 1. The normalized spacial score (nSPS) is 13.9. The van der Waals surface area contributed by atoms with Gasteiger partial charge >= 0.3 is 0 Å². The molecular weight excluding hydrogens is 554 g/mol. The maximum atomic E-state index is 11.4. The number of piperidine rings is 1. The lowest BCUT2D eigenvalue weighted by Gasteiger charge is -2.32. The first-order valence-corrected chi connectivity index (χ1v) is 14.4. The van der Waals surface area contributed by atoms with Crippen molar-refractivity contribution in [2.24, 2.45) is 5.73 Å². The Kier molecular flexibility index (Phi) is 9.47. The molecule has 2 aromatic carbocycles. The predicted octanol–water partition coefficient (Wildman–Crippen LogP) is 5.67. The standard InChI is InChI=1S/C34H35N7O3/c1-22-17-25(5-4-13-35)18-23(2)31(22)44-33-29(27-10-14-37-30(19-27)43-3)20-38-34(40-33)39-28-11-15-41(16-12-28)21-24-6-8-26(9-7-24)32(36)42/h4-10,14,17-20,28H,11-12,15-16,21H2,1-3H3,(H2,36,42)(H,38,39,40)/b5-4+. The second-order valence-electron chi connectivity index (χ2n) is 10.8. The van der Waals surface area contributed by atoms with E-state index in [1.807, 2.05) is 56.3 Å². The number of ether oxygens (including phenoxy) is 2. The zero-order valence-corrected chi connectivity index (χ0v) is 25.1. The number of aromatic nitrogens is 3. The molecule has 3 heterocycles. The molecule has 1 aliphatic rings. The van der Waals surface area contributed by atoms with E-state index >= 15 is 0 Å². The van der Waals surface area contributed by atoms with E-state index < -0.39 is 5.91 Å². The van der Waals surface area contributed by atoms with Crippen LogP contribution in [-0.2, 0) is 6.54 Å². The average Bonchev–Trinajstić information content (AvgIpc) is 3.03. The van der Waals surface area contributed by atoms with Gasteiger partial charge in [-0.05, 0) is 90.9 Å². The van der Waals surface area contributed by atoms with Gasteiger partial charge in [-0.1, -0.05) is 12.1 Å². The highest BCUT2D eigenvalue weighted by atomic mass is 16.5. The Labute approximate surface area is 257 Å². The van der Waals surface area contributed by atoms with Crippen molar-refractivity contribution in [1.29, 1.82) is 5.26 Å². The molecule has 0 aliphatic carbocycles. The lowest BCUT2D eigenvalue weighted by Crippen LogP contribution is -2.39. The Morgan fingerprint density at radius 1 is 1.11 bits per heavy atom. The van der Waals surface area contributed by atoms with Crippen LogP contribution >= 0.6 is 0 Å². The van der Waals surface area contributed by atoms with Crippen LogP contribution in [0.25, 0.3) is 17.2 Å². The molecule has 0 atom stereocenters. The summed E-state index contributed by atoms with van der Waals surface area (Å²) >= 11 is 0. The average molecular weight is 590 g/mol. The molecule has 10 heteroatoms. The lowest BCUT2D eigenvalue weighted by molar-refractivity contribution is 0.1000. The van der Waals surface area contributed by atoms with Gasteiger partial charge in [0.05, 0.1) is 18.7 Å². The lowest BCUT2D eigenvalue weighted by atomic mass is 10.0. The summed E-state index contributed by atoms with van der Waals surface area (Å²) in [6.45, 7) is 6.59. The van der Waals surface area contributed by atoms with Crippen LogP contribution in [0.5, 0.6) is 17.5 Å². The van der Waals surface area contributed by atoms with E-state index in [1.54, 1.807) is 37.7 Å². The number of nitrogens with one attached hydrogen (secondary N) is 1. The number of pyridine rings is 1. The fraction of sp³-hybridized carbons (Fsp3) is 0.265. The van der Waals surface area contributed by atoms with Crippen LogP contribution in [0.1, 0.15) is 45.5 Å². The quantitative estimate of drug-likeness (QED) is 0.224. The molecule has 3 N–H and O–H groups in total. The monoisotopic (exact) mass is 589 g/mol. The van der Waals surface area contributed by atoms with Crippen molar-refractivity contribution in [3.8, 4) is 34.7 Å². The number of benzene rings is 2. The highest BCUT2D eigenvalue weighted by Crippen LogP contribution is 2.36. The van der Waals surface area contributed by atoms with Crippen molar-refractivity contribution < 1.29 is 14.3 Å². The van der Waals surface area contributed by atoms with Crippen molar-refractivity contribution in [2.45, 2.75) is 39.3 Å². The van der Waals surface area contributed by atoms with Gasteiger partial charge in [-0.3, -0.25) is 9.69 Å². The summed E-state index contributed by atoms with van der Waals surface area (Å²) in [5, 5.41) is 12.4. The predicted molar refractivity (Wildman–Crippen MR) is 169 cm³/mol. The van der Waals surface area contributed by atoms with Crippen molar-refractivity contribution in [3.63, 3.8) is 0 Å². The third kappa shape index (κ3) is 7.38. The maximum absolute atomic E-state index is 11.4. The van der Waals surface area contributed by atoms with Crippen LogP contribution < -0.4 is 20.5 Å². The summed E-state index contributed by atoms with van der Waals surface area (Å²) < 4.78 is 11.9. The molecule has 2 aromatic heterocycles. The molecule has 0 saturated carbocycles. The number of nitriles is 1. The number of allylic oxidation sites excluding steroid dienone is 1. The first-order valence-electron chi connectivity index (χ1n) is 14.4. The Morgan fingerprint density at radius 3 is 2.50 bits per heavy atom. The van der Waals surface area contributed by atoms with Gasteiger partial charge in [0.25, 0.3) is 0 Å². The van der Waals surface area contributed by atoms with Crippen LogP contribution in [0.3, 0.4) is 0 Å². The minimum atomic E-state index is -0.416. The number of likely N-dealkylation sites (tertiary alicyclic amines) is 1. The van der Waals surface area contributed by atoms with E-state index in [2.05, 4.69) is 20.2 Å². The molecule has 5 rings (SSSR count). The zero-order chi connectivity index (χ0) is 31.1. The summed E-state index contributed by atoms with van der Waals surface area (Å²) in [5.41, 5.74) is 11.3. The number of methoxy groups -OCH3 is 1. The number of hydrogen-bond acceptors (Lipinski definition) is 9. The molecular formula is C34H35N7O3. The van der Waals surface area contributed by atoms with Crippen molar-refractivity contribution in [3.05, 3.63) is 94.8 Å². The van der Waals surface area contributed by atoms with Gasteiger partial charge < -0.3 is 20.5 Å². The van der Waals surface area contributed by atoms with E-state index in [0.717, 1.165) is 60.3 Å². The SMILES string of the molecule is COc1cc(-c2cnc(NC3CCN(Cc4ccc(C(N)=O)cc4)CC3)nc2Oc2c(C)cc(/C=C/C#N)cc2C)ccn1. The third-order valence-electron chi connectivity index (χ3n) is 7.61. The van der Waals surface area contributed by atoms with Gasteiger partial charge in [0, 0.05) is 55.8 Å². The van der Waals surface area contributed by atoms with Gasteiger partial charge in [0.2, 0.25) is 23.6 Å². The van der Waals surface area contributed by atoms with Crippen LogP contribution in [0.15, 0.2) is 67.0 Å². The third-order valence-corrected chi connectivity index (χ3v) is 7.61. The smallest absolute Gasteiger partial charge is 0.248 e. The molecule has 0 radical (unpaired) electrons. The van der Waals surface area contributed by atoms with E-state index in [4.69, 9.17) is 25.5 Å². The fourth-order valence-electron chi connectivity index (χ4n) is 5.32.